The minimum atomic E-state index is -0.848. The Hall–Kier alpha value is -0.650. The summed E-state index contributed by atoms with van der Waals surface area (Å²) in [5, 5.41) is 12.1. The van der Waals surface area contributed by atoms with Crippen LogP contribution in [0.3, 0.4) is 0 Å². The highest BCUT2D eigenvalue weighted by Gasteiger charge is 2.30. The van der Waals surface area contributed by atoms with Crippen LogP contribution in [-0.4, -0.2) is 50.1 Å². The van der Waals surface area contributed by atoms with Gasteiger partial charge in [-0.1, -0.05) is 6.92 Å². The van der Waals surface area contributed by atoms with Gasteiger partial charge in [0.05, 0.1) is 13.2 Å². The van der Waals surface area contributed by atoms with Gasteiger partial charge in [-0.05, 0) is 26.3 Å². The largest absolute Gasteiger partial charge is 0.480 e. The van der Waals surface area contributed by atoms with Crippen LogP contribution in [-0.2, 0) is 14.3 Å². The molecular formula is C11H23NO4. The van der Waals surface area contributed by atoms with Crippen LogP contribution in [0.25, 0.3) is 0 Å². The number of methoxy groups -OCH3 is 1. The number of nitrogens with one attached hydrogen (secondary N) is 1. The molecule has 0 bridgehead atoms. The smallest absolute Gasteiger partial charge is 0.323 e. The summed E-state index contributed by atoms with van der Waals surface area (Å²) in [5.41, 5.74) is -0.848. The average molecular weight is 233 g/mol. The van der Waals surface area contributed by atoms with Crippen LogP contribution in [0.15, 0.2) is 0 Å². The van der Waals surface area contributed by atoms with Crippen molar-refractivity contribution in [3.05, 3.63) is 0 Å². The average Bonchev–Trinajstić information content (AvgIpc) is 2.23. The number of carbonyl (C=O) groups is 1. The topological polar surface area (TPSA) is 67.8 Å². The number of hydrogen-bond acceptors (Lipinski definition) is 4. The van der Waals surface area contributed by atoms with Gasteiger partial charge in [0, 0.05) is 13.7 Å². The highest BCUT2D eigenvalue weighted by molar-refractivity contribution is 5.78. The van der Waals surface area contributed by atoms with Crippen molar-refractivity contribution in [3.63, 3.8) is 0 Å². The van der Waals surface area contributed by atoms with Gasteiger partial charge in [-0.25, -0.2) is 0 Å². The quantitative estimate of drug-likeness (QED) is 0.548. The molecule has 16 heavy (non-hydrogen) atoms. The van der Waals surface area contributed by atoms with Crippen LogP contribution in [0.4, 0.5) is 0 Å². The Morgan fingerprint density at radius 3 is 2.56 bits per heavy atom. The summed E-state index contributed by atoms with van der Waals surface area (Å²) in [7, 11) is 1.62. The number of likely N-dealkylation sites (N-methyl/N-ethyl adjacent to an activating group) is 1. The van der Waals surface area contributed by atoms with E-state index in [4.69, 9.17) is 14.6 Å². The standard InChI is InChI=1S/C11H23NO4/c1-4-12-11(2,10(13)14)6-5-7-16-9-8-15-3/h12H,4-9H2,1-3H3,(H,13,14). The zero-order valence-electron chi connectivity index (χ0n) is 10.4. The van der Waals surface area contributed by atoms with Crippen molar-refractivity contribution in [2.45, 2.75) is 32.2 Å². The molecule has 0 spiro atoms. The highest BCUT2D eigenvalue weighted by atomic mass is 16.5. The van der Waals surface area contributed by atoms with Gasteiger partial charge in [-0.15, -0.1) is 0 Å². The lowest BCUT2D eigenvalue weighted by Gasteiger charge is -2.25. The fraction of sp³-hybridized carbons (Fsp3) is 0.909. The summed E-state index contributed by atoms with van der Waals surface area (Å²) < 4.78 is 10.1. The Labute approximate surface area is 97.1 Å². The molecule has 5 heteroatoms. The summed E-state index contributed by atoms with van der Waals surface area (Å²) >= 11 is 0. The van der Waals surface area contributed by atoms with E-state index >= 15 is 0 Å². The normalized spacial score (nSPS) is 14.7. The first-order chi connectivity index (χ1) is 7.56. The lowest BCUT2D eigenvalue weighted by molar-refractivity contribution is -0.144. The minimum absolute atomic E-state index is 0.557. The molecule has 0 aromatic rings. The van der Waals surface area contributed by atoms with E-state index in [0.717, 1.165) is 6.42 Å². The van der Waals surface area contributed by atoms with Crippen molar-refractivity contribution in [2.24, 2.45) is 0 Å². The van der Waals surface area contributed by atoms with E-state index < -0.39 is 11.5 Å². The predicted octanol–water partition coefficient (Wildman–Crippen LogP) is 0.882. The van der Waals surface area contributed by atoms with E-state index in [2.05, 4.69) is 5.32 Å². The lowest BCUT2D eigenvalue weighted by Crippen LogP contribution is -2.49. The second-order valence-corrected chi connectivity index (χ2v) is 3.88. The maximum atomic E-state index is 11.1. The van der Waals surface area contributed by atoms with Gasteiger partial charge in [0.25, 0.3) is 0 Å². The Kier molecular flexibility index (Phi) is 8.15. The molecule has 0 rings (SSSR count). The van der Waals surface area contributed by atoms with Gasteiger partial charge >= 0.3 is 5.97 Å². The first kappa shape index (κ1) is 15.3. The molecule has 1 unspecified atom stereocenters. The first-order valence-corrected chi connectivity index (χ1v) is 5.62. The van der Waals surface area contributed by atoms with Crippen LogP contribution in [0.1, 0.15) is 26.7 Å². The van der Waals surface area contributed by atoms with Crippen LogP contribution in [0.5, 0.6) is 0 Å². The molecule has 0 saturated heterocycles. The zero-order chi connectivity index (χ0) is 12.4. The number of carboxylic acid groups (broad SMARTS) is 1. The summed E-state index contributed by atoms with van der Waals surface area (Å²) in [4.78, 5) is 11.1. The molecule has 5 nitrogen and oxygen atoms in total. The number of carboxylic acids is 1. The number of rotatable bonds is 10. The Balaban J connectivity index is 3.73. The molecule has 0 aromatic carbocycles. The maximum Gasteiger partial charge on any atom is 0.323 e. The van der Waals surface area contributed by atoms with Crippen LogP contribution in [0, 0.1) is 0 Å². The molecular weight excluding hydrogens is 210 g/mol. The third kappa shape index (κ3) is 6.05. The van der Waals surface area contributed by atoms with Crippen molar-refractivity contribution in [1.82, 2.24) is 5.32 Å². The van der Waals surface area contributed by atoms with Gasteiger partial charge in [-0.3, -0.25) is 4.79 Å². The Bertz CT molecular complexity index is 198. The fourth-order valence-electron chi connectivity index (χ4n) is 1.43. The summed E-state index contributed by atoms with van der Waals surface area (Å²) in [6, 6.07) is 0. The molecule has 0 aromatic heterocycles. The second kappa shape index (κ2) is 8.50. The van der Waals surface area contributed by atoms with Gasteiger partial charge in [0.2, 0.25) is 0 Å². The van der Waals surface area contributed by atoms with Crippen LogP contribution < -0.4 is 5.32 Å². The Morgan fingerprint density at radius 1 is 1.38 bits per heavy atom. The van der Waals surface area contributed by atoms with E-state index in [1.165, 1.54) is 0 Å². The zero-order valence-corrected chi connectivity index (χ0v) is 10.4. The molecule has 0 aliphatic rings. The second-order valence-electron chi connectivity index (χ2n) is 3.88. The van der Waals surface area contributed by atoms with Crippen molar-refractivity contribution in [2.75, 3.05) is 33.5 Å². The third-order valence-electron chi connectivity index (χ3n) is 2.44. The van der Waals surface area contributed by atoms with E-state index in [0.29, 0.717) is 32.8 Å². The van der Waals surface area contributed by atoms with Crippen molar-refractivity contribution >= 4 is 5.97 Å². The van der Waals surface area contributed by atoms with Gasteiger partial charge < -0.3 is 19.9 Å². The molecule has 0 amide bonds. The van der Waals surface area contributed by atoms with Gasteiger partial charge in [-0.2, -0.15) is 0 Å². The van der Waals surface area contributed by atoms with Crippen molar-refractivity contribution in [3.8, 4) is 0 Å². The van der Waals surface area contributed by atoms with E-state index in [-0.39, 0.29) is 0 Å². The molecule has 1 atom stereocenters. The third-order valence-corrected chi connectivity index (χ3v) is 2.44. The molecule has 2 N–H and O–H groups in total. The summed E-state index contributed by atoms with van der Waals surface area (Å²) in [5.74, 6) is -0.814. The summed E-state index contributed by atoms with van der Waals surface area (Å²) in [6.07, 6.45) is 1.28. The molecule has 0 aliphatic carbocycles. The molecule has 0 aliphatic heterocycles. The maximum absolute atomic E-state index is 11.1. The molecule has 0 heterocycles. The number of aliphatic carboxylic acids is 1. The van der Waals surface area contributed by atoms with E-state index in [9.17, 15) is 4.79 Å². The monoisotopic (exact) mass is 233 g/mol. The predicted molar refractivity (Wildman–Crippen MR) is 61.6 cm³/mol. The Morgan fingerprint density at radius 2 is 2.06 bits per heavy atom. The highest BCUT2D eigenvalue weighted by Crippen LogP contribution is 2.12. The molecule has 0 saturated carbocycles. The fourth-order valence-corrected chi connectivity index (χ4v) is 1.43. The van der Waals surface area contributed by atoms with Gasteiger partial charge in [0.1, 0.15) is 5.54 Å². The number of hydrogen-bond donors (Lipinski definition) is 2. The SMILES string of the molecule is CCNC(C)(CCCOCCOC)C(=O)O. The summed E-state index contributed by atoms with van der Waals surface area (Å²) in [6.45, 7) is 5.94. The van der Waals surface area contributed by atoms with Gasteiger partial charge in [0.15, 0.2) is 0 Å². The van der Waals surface area contributed by atoms with E-state index in [1.54, 1.807) is 14.0 Å². The first-order valence-electron chi connectivity index (χ1n) is 5.62. The van der Waals surface area contributed by atoms with E-state index in [1.807, 2.05) is 6.92 Å². The van der Waals surface area contributed by atoms with Crippen molar-refractivity contribution in [1.29, 1.82) is 0 Å². The lowest BCUT2D eigenvalue weighted by atomic mass is 9.96. The molecule has 96 valence electrons. The minimum Gasteiger partial charge on any atom is -0.480 e. The van der Waals surface area contributed by atoms with Crippen LogP contribution >= 0.6 is 0 Å². The van der Waals surface area contributed by atoms with Crippen LogP contribution in [0.2, 0.25) is 0 Å². The number of ether oxygens (including phenoxy) is 2. The van der Waals surface area contributed by atoms with Crippen molar-refractivity contribution < 1.29 is 19.4 Å². The molecule has 0 radical (unpaired) electrons. The molecule has 0 fully saturated rings.